The van der Waals surface area contributed by atoms with Crippen molar-refractivity contribution in [1.82, 2.24) is 10.2 Å². The number of aryl methyl sites for hydroxylation is 2. The maximum Gasteiger partial charge on any atom is 0.230 e. The molecule has 2 fully saturated rings. The molecular formula is C18H26N2OS. The lowest BCUT2D eigenvalue weighted by Gasteiger charge is -2.32. The van der Waals surface area contributed by atoms with Gasteiger partial charge in [0.05, 0.1) is 5.75 Å². The second-order valence-electron chi connectivity index (χ2n) is 6.64. The first-order valence-corrected chi connectivity index (χ1v) is 9.34. The van der Waals surface area contributed by atoms with Crippen LogP contribution < -0.4 is 5.32 Å². The first kappa shape index (κ1) is 15.9. The predicted octanol–water partition coefficient (Wildman–Crippen LogP) is 3.14. The number of carbonyl (C=O) groups excluding carboxylic acids is 1. The fourth-order valence-electron chi connectivity index (χ4n) is 3.07. The van der Waals surface area contributed by atoms with Crippen molar-refractivity contribution in [1.29, 1.82) is 0 Å². The van der Waals surface area contributed by atoms with Crippen LogP contribution in [0.25, 0.3) is 0 Å². The maximum absolute atomic E-state index is 12.1. The van der Waals surface area contributed by atoms with E-state index in [2.05, 4.69) is 42.3 Å². The standard InChI is InChI=1S/C18H26N2OS/c1-13-3-6-17(11-14(13)2)22-12-18(21)19-15-7-9-20(10-8-15)16-4-5-16/h3,6,11,15-16H,4-5,7-10,12H2,1-2H3,(H,19,21). The SMILES string of the molecule is Cc1ccc(SCC(=O)NC2CCN(C3CC3)CC2)cc1C. The number of rotatable bonds is 5. The monoisotopic (exact) mass is 318 g/mol. The summed E-state index contributed by atoms with van der Waals surface area (Å²) in [5, 5.41) is 3.21. The van der Waals surface area contributed by atoms with Gasteiger partial charge in [0.15, 0.2) is 0 Å². The Labute approximate surface area is 137 Å². The van der Waals surface area contributed by atoms with Gasteiger partial charge in [-0.2, -0.15) is 0 Å². The van der Waals surface area contributed by atoms with Gasteiger partial charge in [0.25, 0.3) is 0 Å². The third-order valence-corrected chi connectivity index (χ3v) is 5.80. The van der Waals surface area contributed by atoms with Gasteiger partial charge in [0, 0.05) is 30.1 Å². The second-order valence-corrected chi connectivity index (χ2v) is 7.69. The summed E-state index contributed by atoms with van der Waals surface area (Å²) in [6.07, 6.45) is 4.97. The number of likely N-dealkylation sites (tertiary alicyclic amines) is 1. The molecule has 4 heteroatoms. The second kappa shape index (κ2) is 7.05. The van der Waals surface area contributed by atoms with E-state index in [9.17, 15) is 4.79 Å². The highest BCUT2D eigenvalue weighted by Gasteiger charge is 2.31. The smallest absolute Gasteiger partial charge is 0.230 e. The van der Waals surface area contributed by atoms with Gasteiger partial charge >= 0.3 is 0 Å². The Kier molecular flexibility index (Phi) is 5.09. The number of nitrogens with one attached hydrogen (secondary N) is 1. The van der Waals surface area contributed by atoms with Crippen molar-refractivity contribution in [3.05, 3.63) is 29.3 Å². The van der Waals surface area contributed by atoms with Crippen LogP contribution >= 0.6 is 11.8 Å². The number of carbonyl (C=O) groups is 1. The Morgan fingerprint density at radius 2 is 1.91 bits per heavy atom. The summed E-state index contributed by atoms with van der Waals surface area (Å²) in [7, 11) is 0. The molecule has 1 amide bonds. The third kappa shape index (κ3) is 4.26. The molecule has 3 nitrogen and oxygen atoms in total. The van der Waals surface area contributed by atoms with Crippen molar-refractivity contribution in [3.8, 4) is 0 Å². The van der Waals surface area contributed by atoms with E-state index in [1.165, 1.54) is 28.9 Å². The first-order valence-electron chi connectivity index (χ1n) is 8.35. The average molecular weight is 318 g/mol. The number of hydrogen-bond acceptors (Lipinski definition) is 3. The van der Waals surface area contributed by atoms with Crippen molar-refractivity contribution in [3.63, 3.8) is 0 Å². The summed E-state index contributed by atoms with van der Waals surface area (Å²) in [6.45, 7) is 6.54. The summed E-state index contributed by atoms with van der Waals surface area (Å²) in [6, 6.07) is 7.64. The first-order chi connectivity index (χ1) is 10.6. The Morgan fingerprint density at radius 3 is 2.55 bits per heavy atom. The molecule has 1 aromatic carbocycles. The van der Waals surface area contributed by atoms with E-state index in [0.29, 0.717) is 11.8 Å². The van der Waals surface area contributed by atoms with Gasteiger partial charge in [0.1, 0.15) is 0 Å². The van der Waals surface area contributed by atoms with Gasteiger partial charge in [0.2, 0.25) is 5.91 Å². The van der Waals surface area contributed by atoms with E-state index in [4.69, 9.17) is 0 Å². The quantitative estimate of drug-likeness (QED) is 0.847. The van der Waals surface area contributed by atoms with Crippen LogP contribution in [0.15, 0.2) is 23.1 Å². The van der Waals surface area contributed by atoms with Crippen molar-refractivity contribution >= 4 is 17.7 Å². The Hall–Kier alpha value is -1.00. The lowest BCUT2D eigenvalue weighted by molar-refractivity contribution is -0.119. The topological polar surface area (TPSA) is 32.3 Å². The average Bonchev–Trinajstić information content (AvgIpc) is 3.34. The van der Waals surface area contributed by atoms with E-state index >= 15 is 0 Å². The maximum atomic E-state index is 12.1. The fourth-order valence-corrected chi connectivity index (χ4v) is 3.88. The normalized spacial score (nSPS) is 20.1. The molecule has 0 aromatic heterocycles. The van der Waals surface area contributed by atoms with Crippen LogP contribution in [0.5, 0.6) is 0 Å². The summed E-state index contributed by atoms with van der Waals surface area (Å²) in [4.78, 5) is 15.9. The minimum atomic E-state index is 0.174. The molecule has 1 saturated heterocycles. The van der Waals surface area contributed by atoms with E-state index in [0.717, 1.165) is 32.0 Å². The Bertz CT molecular complexity index is 534. The minimum absolute atomic E-state index is 0.174. The Morgan fingerprint density at radius 1 is 1.18 bits per heavy atom. The van der Waals surface area contributed by atoms with E-state index < -0.39 is 0 Å². The molecule has 1 N–H and O–H groups in total. The molecule has 0 atom stereocenters. The molecule has 1 aliphatic heterocycles. The van der Waals surface area contributed by atoms with Gasteiger partial charge in [-0.15, -0.1) is 11.8 Å². The van der Waals surface area contributed by atoms with Gasteiger partial charge in [-0.05, 0) is 62.8 Å². The predicted molar refractivity (Wildman–Crippen MR) is 92.4 cm³/mol. The van der Waals surface area contributed by atoms with Crippen LogP contribution in [0.1, 0.15) is 36.8 Å². The molecular weight excluding hydrogens is 292 g/mol. The van der Waals surface area contributed by atoms with Gasteiger partial charge in [-0.1, -0.05) is 6.07 Å². The van der Waals surface area contributed by atoms with Crippen LogP contribution in [0, 0.1) is 13.8 Å². The molecule has 0 spiro atoms. The molecule has 0 radical (unpaired) electrons. The van der Waals surface area contributed by atoms with Crippen LogP contribution in [-0.4, -0.2) is 41.7 Å². The number of nitrogens with zero attached hydrogens (tertiary/aromatic N) is 1. The summed E-state index contributed by atoms with van der Waals surface area (Å²) >= 11 is 1.63. The van der Waals surface area contributed by atoms with Crippen LogP contribution in [0.4, 0.5) is 0 Å². The van der Waals surface area contributed by atoms with Crippen LogP contribution in [0.2, 0.25) is 0 Å². The molecule has 1 aromatic rings. The molecule has 22 heavy (non-hydrogen) atoms. The van der Waals surface area contributed by atoms with Crippen molar-refractivity contribution in [2.45, 2.75) is 56.5 Å². The van der Waals surface area contributed by atoms with Gasteiger partial charge < -0.3 is 10.2 Å². The van der Waals surface area contributed by atoms with E-state index in [1.54, 1.807) is 11.8 Å². The highest BCUT2D eigenvalue weighted by molar-refractivity contribution is 8.00. The molecule has 120 valence electrons. The fraction of sp³-hybridized carbons (Fsp3) is 0.611. The van der Waals surface area contributed by atoms with E-state index in [-0.39, 0.29) is 5.91 Å². The van der Waals surface area contributed by atoms with Crippen LogP contribution in [-0.2, 0) is 4.79 Å². The molecule has 2 aliphatic rings. The molecule has 1 heterocycles. The van der Waals surface area contributed by atoms with Crippen molar-refractivity contribution in [2.75, 3.05) is 18.8 Å². The minimum Gasteiger partial charge on any atom is -0.353 e. The van der Waals surface area contributed by atoms with E-state index in [1.807, 2.05) is 0 Å². The molecule has 0 bridgehead atoms. The summed E-state index contributed by atoms with van der Waals surface area (Å²) in [5.41, 5.74) is 2.59. The summed E-state index contributed by atoms with van der Waals surface area (Å²) in [5.74, 6) is 0.693. The number of amides is 1. The number of hydrogen-bond donors (Lipinski definition) is 1. The lowest BCUT2D eigenvalue weighted by atomic mass is 10.1. The highest BCUT2D eigenvalue weighted by Crippen LogP contribution is 2.29. The molecule has 1 saturated carbocycles. The zero-order chi connectivity index (χ0) is 15.5. The molecule has 0 unspecified atom stereocenters. The molecule has 1 aliphatic carbocycles. The number of piperidine rings is 1. The third-order valence-electron chi connectivity index (χ3n) is 4.81. The zero-order valence-corrected chi connectivity index (χ0v) is 14.4. The van der Waals surface area contributed by atoms with Gasteiger partial charge in [-0.3, -0.25) is 4.79 Å². The van der Waals surface area contributed by atoms with Gasteiger partial charge in [-0.25, -0.2) is 0 Å². The largest absolute Gasteiger partial charge is 0.353 e. The number of thioether (sulfide) groups is 1. The highest BCUT2D eigenvalue weighted by atomic mass is 32.2. The summed E-state index contributed by atoms with van der Waals surface area (Å²) < 4.78 is 0. The molecule has 3 rings (SSSR count). The number of benzene rings is 1. The van der Waals surface area contributed by atoms with Crippen molar-refractivity contribution < 1.29 is 4.79 Å². The Balaban J connectivity index is 1.39. The van der Waals surface area contributed by atoms with Crippen LogP contribution in [0.3, 0.4) is 0 Å². The van der Waals surface area contributed by atoms with Crippen molar-refractivity contribution in [2.24, 2.45) is 0 Å². The zero-order valence-electron chi connectivity index (χ0n) is 13.6. The lowest BCUT2D eigenvalue weighted by Crippen LogP contribution is -2.45.